The van der Waals surface area contributed by atoms with Crippen molar-refractivity contribution in [3.8, 4) is 0 Å². The highest BCUT2D eigenvalue weighted by atomic mass is 19.4. The van der Waals surface area contributed by atoms with Gasteiger partial charge in [0.15, 0.2) is 6.10 Å². The molecule has 0 bridgehead atoms. The van der Waals surface area contributed by atoms with Crippen LogP contribution in [0.15, 0.2) is 47.5 Å². The molecule has 7 nitrogen and oxygen atoms in total. The van der Waals surface area contributed by atoms with Crippen molar-refractivity contribution in [2.24, 2.45) is 0 Å². The number of aromatic nitrogens is 5. The number of para-hydroxylation sites is 2. The average Bonchev–Trinajstić information content (AvgIpc) is 3.45. The van der Waals surface area contributed by atoms with E-state index in [0.29, 0.717) is 22.4 Å². The molecule has 4 aromatic rings. The minimum absolute atomic E-state index is 0.0786. The normalized spacial score (nSPS) is 15.7. The van der Waals surface area contributed by atoms with Crippen molar-refractivity contribution in [1.29, 1.82) is 0 Å². The average molecular weight is 431 g/mol. The van der Waals surface area contributed by atoms with Crippen LogP contribution in [0.5, 0.6) is 0 Å². The summed E-state index contributed by atoms with van der Waals surface area (Å²) in [5.41, 5.74) is 2.55. The molecule has 10 heteroatoms. The van der Waals surface area contributed by atoms with Gasteiger partial charge in [-0.15, -0.1) is 0 Å². The zero-order valence-electron chi connectivity index (χ0n) is 16.5. The molecule has 1 saturated carbocycles. The number of hydrogen-bond donors (Lipinski definition) is 1. The van der Waals surface area contributed by atoms with Crippen LogP contribution in [0.4, 0.5) is 13.2 Å². The first-order chi connectivity index (χ1) is 14.8. The highest BCUT2D eigenvalue weighted by Crippen LogP contribution is 2.36. The molecule has 1 unspecified atom stereocenters. The highest BCUT2D eigenvalue weighted by Gasteiger charge is 2.38. The Morgan fingerprint density at radius 3 is 2.61 bits per heavy atom. The summed E-state index contributed by atoms with van der Waals surface area (Å²) in [6.07, 6.45) is -2.47. The summed E-state index contributed by atoms with van der Waals surface area (Å²) < 4.78 is 43.4. The van der Waals surface area contributed by atoms with Gasteiger partial charge in [0.25, 0.3) is 0 Å². The molecule has 1 aliphatic carbocycles. The lowest BCUT2D eigenvalue weighted by molar-refractivity contribution is -0.206. The second kappa shape index (κ2) is 7.23. The summed E-state index contributed by atoms with van der Waals surface area (Å²) >= 11 is 0. The predicted octanol–water partition coefficient (Wildman–Crippen LogP) is 3.24. The van der Waals surface area contributed by atoms with E-state index in [1.165, 1.54) is 0 Å². The van der Waals surface area contributed by atoms with Crippen LogP contribution in [0.25, 0.3) is 22.1 Å². The molecule has 1 atom stereocenters. The third-order valence-corrected chi connectivity index (χ3v) is 5.71. The lowest BCUT2D eigenvalue weighted by atomic mass is 10.2. The number of aliphatic hydroxyl groups excluding tert-OH is 1. The van der Waals surface area contributed by atoms with Crippen molar-refractivity contribution >= 4 is 22.1 Å². The Morgan fingerprint density at radius 2 is 1.87 bits per heavy atom. The third-order valence-electron chi connectivity index (χ3n) is 5.71. The number of halogens is 3. The summed E-state index contributed by atoms with van der Waals surface area (Å²) in [6.45, 7) is 0.0162. The number of hydrogen-bond acceptors (Lipinski definition) is 4. The van der Waals surface area contributed by atoms with Crippen LogP contribution in [0.2, 0.25) is 0 Å². The van der Waals surface area contributed by atoms with Crippen molar-refractivity contribution in [1.82, 2.24) is 23.7 Å². The fourth-order valence-corrected chi connectivity index (χ4v) is 4.02. The first kappa shape index (κ1) is 19.8. The van der Waals surface area contributed by atoms with Gasteiger partial charge in [-0.1, -0.05) is 12.1 Å². The Bertz CT molecular complexity index is 1320. The van der Waals surface area contributed by atoms with Crippen molar-refractivity contribution in [3.63, 3.8) is 0 Å². The first-order valence-corrected chi connectivity index (χ1v) is 10.1. The van der Waals surface area contributed by atoms with Crippen molar-refractivity contribution in [2.45, 2.75) is 50.7 Å². The number of rotatable bonds is 6. The molecule has 0 amide bonds. The van der Waals surface area contributed by atoms with E-state index < -0.39 is 18.7 Å². The van der Waals surface area contributed by atoms with E-state index >= 15 is 0 Å². The number of benzene rings is 1. The molecule has 1 fully saturated rings. The zero-order valence-corrected chi connectivity index (χ0v) is 16.5. The van der Waals surface area contributed by atoms with Crippen molar-refractivity contribution in [2.75, 3.05) is 0 Å². The molecule has 162 valence electrons. The minimum atomic E-state index is -4.68. The summed E-state index contributed by atoms with van der Waals surface area (Å²) in [5, 5.41) is 9.47. The van der Waals surface area contributed by atoms with Gasteiger partial charge in [0.1, 0.15) is 5.82 Å². The Balaban J connectivity index is 1.57. The third kappa shape index (κ3) is 3.50. The minimum Gasteiger partial charge on any atom is -0.384 e. The van der Waals surface area contributed by atoms with E-state index in [9.17, 15) is 23.1 Å². The van der Waals surface area contributed by atoms with Crippen LogP contribution in [-0.2, 0) is 13.1 Å². The molecule has 31 heavy (non-hydrogen) atoms. The standard InChI is InChI=1S/C21H20F3N5O2/c22-21(23,24)18(30)8-10-27-15-4-2-1-3-14(15)26-19(27)12-28-17-11-25-9-7-16(17)29(20(28)31)13-5-6-13/h1-4,7,9,11,13,18,30H,5-6,8,10,12H2. The molecule has 0 radical (unpaired) electrons. The van der Waals surface area contributed by atoms with E-state index in [1.807, 2.05) is 0 Å². The molecule has 1 N–H and O–H groups in total. The van der Waals surface area contributed by atoms with E-state index in [1.54, 1.807) is 56.4 Å². The monoisotopic (exact) mass is 431 g/mol. The number of aliphatic hydroxyl groups is 1. The van der Waals surface area contributed by atoms with Gasteiger partial charge in [-0.3, -0.25) is 14.1 Å². The van der Waals surface area contributed by atoms with Gasteiger partial charge < -0.3 is 9.67 Å². The summed E-state index contributed by atoms with van der Waals surface area (Å²) in [6, 6.07) is 9.08. The number of fused-ring (bicyclic) bond motifs is 2. The maximum Gasteiger partial charge on any atom is 0.414 e. The maximum atomic E-state index is 13.2. The van der Waals surface area contributed by atoms with Gasteiger partial charge in [-0.05, 0) is 31.0 Å². The summed E-state index contributed by atoms with van der Waals surface area (Å²) in [4.78, 5) is 21.9. The van der Waals surface area contributed by atoms with Crippen LogP contribution in [-0.4, -0.2) is 41.1 Å². The van der Waals surface area contributed by atoms with E-state index in [-0.39, 0.29) is 24.8 Å². The summed E-state index contributed by atoms with van der Waals surface area (Å²) in [5.74, 6) is 0.455. The molecule has 0 aliphatic heterocycles. The lowest BCUT2D eigenvalue weighted by Gasteiger charge is -2.16. The topological polar surface area (TPSA) is 77.9 Å². The number of nitrogens with zero attached hydrogens (tertiary/aromatic N) is 5. The van der Waals surface area contributed by atoms with Crippen LogP contribution < -0.4 is 5.69 Å². The van der Waals surface area contributed by atoms with Crippen LogP contribution in [0.1, 0.15) is 31.1 Å². The molecule has 0 spiro atoms. The SMILES string of the molecule is O=c1n(Cc2nc3ccccc3n2CCC(O)C(F)(F)F)c2cnccc2n1C1CC1. The number of alkyl halides is 3. The fourth-order valence-electron chi connectivity index (χ4n) is 4.02. The largest absolute Gasteiger partial charge is 0.414 e. The predicted molar refractivity (Wildman–Crippen MR) is 108 cm³/mol. The van der Waals surface area contributed by atoms with Crippen molar-refractivity contribution < 1.29 is 18.3 Å². The van der Waals surface area contributed by atoms with Crippen LogP contribution in [0, 0.1) is 0 Å². The molecule has 3 heterocycles. The van der Waals surface area contributed by atoms with E-state index in [2.05, 4.69) is 9.97 Å². The lowest BCUT2D eigenvalue weighted by Crippen LogP contribution is -2.30. The van der Waals surface area contributed by atoms with Crippen LogP contribution in [0.3, 0.4) is 0 Å². The Hall–Kier alpha value is -3.14. The van der Waals surface area contributed by atoms with Gasteiger partial charge >= 0.3 is 11.9 Å². The molecule has 5 rings (SSSR count). The number of pyridine rings is 1. The van der Waals surface area contributed by atoms with Gasteiger partial charge in [0, 0.05) is 25.2 Å². The van der Waals surface area contributed by atoms with E-state index in [4.69, 9.17) is 0 Å². The second-order valence-corrected chi connectivity index (χ2v) is 7.85. The van der Waals surface area contributed by atoms with Crippen LogP contribution >= 0.6 is 0 Å². The molecule has 3 aromatic heterocycles. The Morgan fingerprint density at radius 1 is 1.10 bits per heavy atom. The Kier molecular flexibility index (Phi) is 4.62. The van der Waals surface area contributed by atoms with Gasteiger partial charge in [0.05, 0.1) is 34.8 Å². The quantitative estimate of drug-likeness (QED) is 0.509. The smallest absolute Gasteiger partial charge is 0.384 e. The Labute approximate surface area is 174 Å². The summed E-state index contributed by atoms with van der Waals surface area (Å²) in [7, 11) is 0. The van der Waals surface area contributed by atoms with Gasteiger partial charge in [0.2, 0.25) is 0 Å². The zero-order chi connectivity index (χ0) is 21.8. The molecule has 1 aromatic carbocycles. The highest BCUT2D eigenvalue weighted by molar-refractivity contribution is 5.77. The molecular formula is C21H20F3N5O2. The second-order valence-electron chi connectivity index (χ2n) is 7.85. The van der Waals surface area contributed by atoms with Gasteiger partial charge in [-0.25, -0.2) is 9.78 Å². The molecular weight excluding hydrogens is 411 g/mol. The fraction of sp³-hybridized carbons (Fsp3) is 0.381. The first-order valence-electron chi connectivity index (χ1n) is 10.1. The van der Waals surface area contributed by atoms with Gasteiger partial charge in [-0.2, -0.15) is 13.2 Å². The molecule has 1 aliphatic rings. The van der Waals surface area contributed by atoms with E-state index in [0.717, 1.165) is 18.4 Å². The number of imidazole rings is 2. The number of aryl methyl sites for hydroxylation is 1. The maximum absolute atomic E-state index is 13.2. The molecule has 0 saturated heterocycles. The van der Waals surface area contributed by atoms with Crippen molar-refractivity contribution in [3.05, 3.63) is 59.0 Å².